The zero-order valence-corrected chi connectivity index (χ0v) is 17.4. The van der Waals surface area contributed by atoms with Gasteiger partial charge in [0.1, 0.15) is 12.4 Å². The molecule has 4 rings (SSSR count). The SMILES string of the molecule is O=C(/C=C/c1cccc(OCc2ccccc2)c1)Nc1ccccc1N1CCOCC1. The highest BCUT2D eigenvalue weighted by Crippen LogP contribution is 2.26. The Morgan fingerprint density at radius 2 is 1.74 bits per heavy atom. The number of amides is 1. The highest BCUT2D eigenvalue weighted by molar-refractivity contribution is 6.03. The third-order valence-electron chi connectivity index (χ3n) is 5.05. The molecule has 1 amide bonds. The molecule has 158 valence electrons. The van der Waals surface area contributed by atoms with Crippen molar-refractivity contribution in [3.8, 4) is 5.75 Å². The lowest BCUT2D eigenvalue weighted by molar-refractivity contribution is -0.111. The van der Waals surface area contributed by atoms with Gasteiger partial charge >= 0.3 is 0 Å². The van der Waals surface area contributed by atoms with Crippen molar-refractivity contribution in [3.05, 3.63) is 96.1 Å². The molecule has 0 radical (unpaired) electrons. The second kappa shape index (κ2) is 10.5. The molecular formula is C26H26N2O3. The summed E-state index contributed by atoms with van der Waals surface area (Å²) >= 11 is 0. The summed E-state index contributed by atoms with van der Waals surface area (Å²) in [6.07, 6.45) is 3.34. The number of nitrogens with one attached hydrogen (secondary N) is 1. The van der Waals surface area contributed by atoms with Crippen LogP contribution in [0.15, 0.2) is 84.9 Å². The number of nitrogens with zero attached hydrogens (tertiary/aromatic N) is 1. The summed E-state index contributed by atoms with van der Waals surface area (Å²) in [7, 11) is 0. The summed E-state index contributed by atoms with van der Waals surface area (Å²) in [5.41, 5.74) is 3.84. The minimum atomic E-state index is -0.170. The van der Waals surface area contributed by atoms with Crippen LogP contribution in [0.3, 0.4) is 0 Å². The first-order valence-electron chi connectivity index (χ1n) is 10.5. The zero-order valence-electron chi connectivity index (χ0n) is 17.4. The van der Waals surface area contributed by atoms with E-state index in [0.717, 1.165) is 41.3 Å². The molecular weight excluding hydrogens is 388 g/mol. The standard InChI is InChI=1S/C26H26N2O3/c29-26(27-24-11-4-5-12-25(24)28-15-17-30-18-16-28)14-13-21-9-6-10-23(19-21)31-20-22-7-2-1-3-8-22/h1-14,19H,15-18,20H2,(H,27,29)/b14-13+. The number of hydrogen-bond donors (Lipinski definition) is 1. The Morgan fingerprint density at radius 1 is 0.968 bits per heavy atom. The van der Waals surface area contributed by atoms with Crippen molar-refractivity contribution >= 4 is 23.4 Å². The molecule has 0 spiro atoms. The van der Waals surface area contributed by atoms with Crippen molar-refractivity contribution in [2.24, 2.45) is 0 Å². The monoisotopic (exact) mass is 414 g/mol. The molecule has 5 heteroatoms. The fraction of sp³-hybridized carbons (Fsp3) is 0.192. The Labute approximate surface area is 182 Å². The summed E-state index contributed by atoms with van der Waals surface area (Å²) in [6.45, 7) is 3.54. The van der Waals surface area contributed by atoms with Crippen LogP contribution < -0.4 is 15.0 Å². The molecule has 31 heavy (non-hydrogen) atoms. The number of carbonyl (C=O) groups is 1. The number of ether oxygens (including phenoxy) is 2. The summed E-state index contributed by atoms with van der Waals surface area (Å²) in [4.78, 5) is 14.8. The average Bonchev–Trinajstić information content (AvgIpc) is 2.83. The van der Waals surface area contributed by atoms with Gasteiger partial charge in [0.2, 0.25) is 5.91 Å². The molecule has 0 atom stereocenters. The molecule has 0 aromatic heterocycles. The highest BCUT2D eigenvalue weighted by atomic mass is 16.5. The third kappa shape index (κ3) is 5.96. The Hall–Kier alpha value is -3.57. The first-order valence-corrected chi connectivity index (χ1v) is 10.5. The molecule has 1 N–H and O–H groups in total. The quantitative estimate of drug-likeness (QED) is 0.567. The minimum absolute atomic E-state index is 0.170. The number of carbonyl (C=O) groups excluding carboxylic acids is 1. The first-order chi connectivity index (χ1) is 15.3. The van der Waals surface area contributed by atoms with Crippen LogP contribution in [0.4, 0.5) is 11.4 Å². The molecule has 1 heterocycles. The zero-order chi connectivity index (χ0) is 21.3. The molecule has 3 aromatic rings. The Balaban J connectivity index is 1.37. The number of benzene rings is 3. The molecule has 0 unspecified atom stereocenters. The molecule has 3 aromatic carbocycles. The van der Waals surface area contributed by atoms with Gasteiger partial charge in [-0.3, -0.25) is 4.79 Å². The molecule has 0 aliphatic carbocycles. The van der Waals surface area contributed by atoms with E-state index in [2.05, 4.69) is 10.2 Å². The van der Waals surface area contributed by atoms with Gasteiger partial charge in [-0.2, -0.15) is 0 Å². The van der Waals surface area contributed by atoms with E-state index in [4.69, 9.17) is 9.47 Å². The fourth-order valence-corrected chi connectivity index (χ4v) is 3.45. The summed E-state index contributed by atoms with van der Waals surface area (Å²) < 4.78 is 11.3. The second-order valence-electron chi connectivity index (χ2n) is 7.29. The topological polar surface area (TPSA) is 50.8 Å². The first kappa shape index (κ1) is 20.7. The summed E-state index contributed by atoms with van der Waals surface area (Å²) in [6, 6.07) is 25.6. The van der Waals surface area contributed by atoms with Gasteiger partial charge in [0, 0.05) is 19.2 Å². The lowest BCUT2D eigenvalue weighted by atomic mass is 10.2. The number of para-hydroxylation sites is 2. The predicted molar refractivity (Wildman–Crippen MR) is 124 cm³/mol. The van der Waals surface area contributed by atoms with E-state index in [1.807, 2.05) is 78.9 Å². The van der Waals surface area contributed by atoms with Crippen LogP contribution in [0.2, 0.25) is 0 Å². The highest BCUT2D eigenvalue weighted by Gasteiger charge is 2.15. The van der Waals surface area contributed by atoms with Crippen molar-refractivity contribution in [1.29, 1.82) is 0 Å². The van der Waals surface area contributed by atoms with Crippen LogP contribution in [0.5, 0.6) is 5.75 Å². The van der Waals surface area contributed by atoms with Crippen LogP contribution in [-0.2, 0) is 16.1 Å². The van der Waals surface area contributed by atoms with E-state index in [1.165, 1.54) is 0 Å². The van der Waals surface area contributed by atoms with Crippen LogP contribution >= 0.6 is 0 Å². The Morgan fingerprint density at radius 3 is 2.58 bits per heavy atom. The van der Waals surface area contributed by atoms with Crippen LogP contribution in [0, 0.1) is 0 Å². The molecule has 0 bridgehead atoms. The summed E-state index contributed by atoms with van der Waals surface area (Å²) in [5, 5.41) is 3.00. The van der Waals surface area contributed by atoms with Gasteiger partial charge in [0.15, 0.2) is 0 Å². The van der Waals surface area contributed by atoms with Gasteiger partial charge in [0.05, 0.1) is 24.6 Å². The summed E-state index contributed by atoms with van der Waals surface area (Å²) in [5.74, 6) is 0.598. The molecule has 5 nitrogen and oxygen atoms in total. The van der Waals surface area contributed by atoms with Crippen molar-refractivity contribution in [1.82, 2.24) is 0 Å². The van der Waals surface area contributed by atoms with E-state index in [0.29, 0.717) is 19.8 Å². The number of anilines is 2. The van der Waals surface area contributed by atoms with Gasteiger partial charge in [-0.05, 0) is 41.5 Å². The molecule has 1 fully saturated rings. The largest absolute Gasteiger partial charge is 0.489 e. The van der Waals surface area contributed by atoms with Crippen molar-refractivity contribution < 1.29 is 14.3 Å². The fourth-order valence-electron chi connectivity index (χ4n) is 3.45. The molecule has 1 saturated heterocycles. The van der Waals surface area contributed by atoms with Crippen molar-refractivity contribution in [3.63, 3.8) is 0 Å². The van der Waals surface area contributed by atoms with E-state index in [1.54, 1.807) is 12.2 Å². The predicted octanol–water partition coefficient (Wildman–Crippen LogP) is 4.75. The average molecular weight is 415 g/mol. The van der Waals surface area contributed by atoms with Crippen molar-refractivity contribution in [2.45, 2.75) is 6.61 Å². The van der Waals surface area contributed by atoms with E-state index in [9.17, 15) is 4.79 Å². The van der Waals surface area contributed by atoms with Gasteiger partial charge in [0.25, 0.3) is 0 Å². The Bertz CT molecular complexity index is 1030. The molecule has 0 saturated carbocycles. The number of hydrogen-bond acceptors (Lipinski definition) is 4. The van der Waals surface area contributed by atoms with Crippen LogP contribution in [0.25, 0.3) is 6.08 Å². The van der Waals surface area contributed by atoms with Crippen molar-refractivity contribution in [2.75, 3.05) is 36.5 Å². The van der Waals surface area contributed by atoms with E-state index in [-0.39, 0.29) is 5.91 Å². The van der Waals surface area contributed by atoms with Gasteiger partial charge in [-0.15, -0.1) is 0 Å². The van der Waals surface area contributed by atoms with Gasteiger partial charge < -0.3 is 19.7 Å². The third-order valence-corrected chi connectivity index (χ3v) is 5.05. The maximum atomic E-state index is 12.5. The molecule has 1 aliphatic heterocycles. The van der Waals surface area contributed by atoms with E-state index < -0.39 is 0 Å². The second-order valence-corrected chi connectivity index (χ2v) is 7.29. The van der Waals surface area contributed by atoms with Crippen LogP contribution in [0.1, 0.15) is 11.1 Å². The van der Waals surface area contributed by atoms with Crippen LogP contribution in [-0.4, -0.2) is 32.2 Å². The maximum Gasteiger partial charge on any atom is 0.248 e. The number of rotatable bonds is 7. The Kier molecular flexibility index (Phi) is 6.98. The van der Waals surface area contributed by atoms with Gasteiger partial charge in [-0.1, -0.05) is 54.6 Å². The normalized spacial score (nSPS) is 13.9. The smallest absolute Gasteiger partial charge is 0.248 e. The van der Waals surface area contributed by atoms with Gasteiger partial charge in [-0.25, -0.2) is 0 Å². The molecule has 1 aliphatic rings. The minimum Gasteiger partial charge on any atom is -0.489 e. The lowest BCUT2D eigenvalue weighted by Gasteiger charge is -2.30. The lowest BCUT2D eigenvalue weighted by Crippen LogP contribution is -2.36. The maximum absolute atomic E-state index is 12.5. The van der Waals surface area contributed by atoms with E-state index >= 15 is 0 Å². The number of morpholine rings is 1.